The fourth-order valence-electron chi connectivity index (χ4n) is 2.41. The van der Waals surface area contributed by atoms with E-state index in [1.807, 2.05) is 24.3 Å². The van der Waals surface area contributed by atoms with Gasteiger partial charge in [-0.15, -0.1) is 11.3 Å². The van der Waals surface area contributed by atoms with Crippen LogP contribution in [0.25, 0.3) is 0 Å². The second-order valence-electron chi connectivity index (χ2n) is 7.11. The lowest BCUT2D eigenvalue weighted by Crippen LogP contribution is -2.36. The zero-order valence-electron chi connectivity index (χ0n) is 17.4. The molecular weight excluding hydrogens is 396 g/mol. The number of ether oxygens (including phenoxy) is 4. The van der Waals surface area contributed by atoms with Gasteiger partial charge in [0, 0.05) is 12.5 Å². The van der Waals surface area contributed by atoms with Crippen molar-refractivity contribution in [1.29, 1.82) is 0 Å². The van der Waals surface area contributed by atoms with Crippen LogP contribution in [0.3, 0.4) is 0 Å². The van der Waals surface area contributed by atoms with Gasteiger partial charge in [-0.25, -0.2) is 19.5 Å². The highest BCUT2D eigenvalue weighted by Gasteiger charge is 2.29. The Bertz CT molecular complexity index is 828. The van der Waals surface area contributed by atoms with Crippen LogP contribution in [-0.4, -0.2) is 44.0 Å². The van der Waals surface area contributed by atoms with Crippen LogP contribution >= 0.6 is 11.3 Å². The molecule has 0 fully saturated rings. The summed E-state index contributed by atoms with van der Waals surface area (Å²) in [7, 11) is 4.26. The summed E-state index contributed by atoms with van der Waals surface area (Å²) in [6.07, 6.45) is -1.51. The van der Waals surface area contributed by atoms with E-state index < -0.39 is 23.8 Å². The summed E-state index contributed by atoms with van der Waals surface area (Å²) in [6, 6.07) is 7.34. The Morgan fingerprint density at radius 3 is 2.31 bits per heavy atom. The fraction of sp³-hybridized carbons (Fsp3) is 0.450. The molecule has 1 aromatic carbocycles. The number of hydrogen-bond donors (Lipinski definition) is 0. The van der Waals surface area contributed by atoms with Gasteiger partial charge in [-0.1, -0.05) is 12.1 Å². The topological polar surface area (TPSA) is 87.2 Å². The molecule has 0 spiro atoms. The van der Waals surface area contributed by atoms with E-state index in [0.717, 1.165) is 11.3 Å². The Morgan fingerprint density at radius 2 is 1.79 bits per heavy atom. The predicted octanol–water partition coefficient (Wildman–Crippen LogP) is 3.95. The normalized spacial score (nSPS) is 12.2. The maximum Gasteiger partial charge on any atom is 0.416 e. The number of nitrogens with zero attached hydrogens (tertiary/aromatic N) is 2. The number of esters is 1. The highest BCUT2D eigenvalue weighted by molar-refractivity contribution is 7.14. The average Bonchev–Trinajstić information content (AvgIpc) is 3.14. The standard InChI is InChI=1S/C20H26N2O6S/c1-20(2,3)28-19(24)22(11-13-7-9-14(25-4)10-8-13)18-21-15(12-29-18)16(26-5)17(23)27-6/h7-10,12,16H,11H2,1-6H3. The van der Waals surface area contributed by atoms with E-state index in [0.29, 0.717) is 10.8 Å². The van der Waals surface area contributed by atoms with E-state index in [4.69, 9.17) is 18.9 Å². The molecule has 1 amide bonds. The number of carbonyl (C=O) groups is 2. The van der Waals surface area contributed by atoms with E-state index in [9.17, 15) is 9.59 Å². The van der Waals surface area contributed by atoms with E-state index in [-0.39, 0.29) is 6.54 Å². The van der Waals surface area contributed by atoms with Crippen LogP contribution in [0, 0.1) is 0 Å². The zero-order chi connectivity index (χ0) is 21.6. The monoisotopic (exact) mass is 422 g/mol. The van der Waals surface area contributed by atoms with Gasteiger partial charge in [-0.05, 0) is 38.5 Å². The Morgan fingerprint density at radius 1 is 1.14 bits per heavy atom. The molecule has 0 radical (unpaired) electrons. The molecule has 1 heterocycles. The SMILES string of the molecule is COC(=O)C(OC)c1csc(N(Cc2ccc(OC)cc2)C(=O)OC(C)(C)C)n1. The smallest absolute Gasteiger partial charge is 0.416 e. The molecule has 0 N–H and O–H groups in total. The Labute approximate surface area is 174 Å². The third kappa shape index (κ3) is 6.16. The van der Waals surface area contributed by atoms with Crippen LogP contribution in [0.5, 0.6) is 5.75 Å². The molecule has 0 aliphatic rings. The number of amides is 1. The van der Waals surface area contributed by atoms with Crippen molar-refractivity contribution in [2.45, 2.75) is 39.0 Å². The molecule has 9 heteroatoms. The Hall–Kier alpha value is -2.65. The van der Waals surface area contributed by atoms with Crippen molar-refractivity contribution in [2.24, 2.45) is 0 Å². The molecule has 0 aliphatic heterocycles. The van der Waals surface area contributed by atoms with Crippen LogP contribution in [-0.2, 0) is 25.5 Å². The molecule has 1 aromatic heterocycles. The summed E-state index contributed by atoms with van der Waals surface area (Å²) in [5.41, 5.74) is 0.559. The number of methoxy groups -OCH3 is 3. The minimum Gasteiger partial charge on any atom is -0.497 e. The highest BCUT2D eigenvalue weighted by Crippen LogP contribution is 2.29. The van der Waals surface area contributed by atoms with Crippen LogP contribution in [0.1, 0.15) is 38.1 Å². The molecular formula is C20H26N2O6S. The maximum atomic E-state index is 12.8. The molecule has 0 bridgehead atoms. The van der Waals surface area contributed by atoms with E-state index in [1.54, 1.807) is 33.3 Å². The van der Waals surface area contributed by atoms with E-state index in [1.165, 1.54) is 30.5 Å². The lowest BCUT2D eigenvalue weighted by Gasteiger charge is -2.26. The first-order valence-corrected chi connectivity index (χ1v) is 9.76. The van der Waals surface area contributed by atoms with Crippen LogP contribution in [0.15, 0.2) is 29.6 Å². The first-order valence-electron chi connectivity index (χ1n) is 8.88. The fourth-order valence-corrected chi connectivity index (χ4v) is 3.23. The number of thiazole rings is 1. The lowest BCUT2D eigenvalue weighted by molar-refractivity contribution is -0.152. The molecule has 8 nitrogen and oxygen atoms in total. The third-order valence-corrected chi connectivity index (χ3v) is 4.66. The van der Waals surface area contributed by atoms with Crippen molar-refractivity contribution in [1.82, 2.24) is 4.98 Å². The third-order valence-electron chi connectivity index (χ3n) is 3.77. The lowest BCUT2D eigenvalue weighted by atomic mass is 10.2. The first kappa shape index (κ1) is 22.6. The van der Waals surface area contributed by atoms with Crippen molar-refractivity contribution in [2.75, 3.05) is 26.2 Å². The molecule has 1 unspecified atom stereocenters. The maximum absolute atomic E-state index is 12.8. The summed E-state index contributed by atoms with van der Waals surface area (Å²) < 4.78 is 20.6. The van der Waals surface area contributed by atoms with Gasteiger partial charge >= 0.3 is 12.1 Å². The molecule has 0 saturated heterocycles. The first-order chi connectivity index (χ1) is 13.7. The van der Waals surface area contributed by atoms with Gasteiger partial charge in [0.25, 0.3) is 0 Å². The quantitative estimate of drug-likeness (QED) is 0.624. The van der Waals surface area contributed by atoms with Crippen molar-refractivity contribution in [3.8, 4) is 5.75 Å². The van der Waals surface area contributed by atoms with Gasteiger partial charge in [0.05, 0.1) is 26.5 Å². The minimum atomic E-state index is -0.966. The molecule has 29 heavy (non-hydrogen) atoms. The zero-order valence-corrected chi connectivity index (χ0v) is 18.2. The van der Waals surface area contributed by atoms with Gasteiger partial charge in [-0.3, -0.25) is 0 Å². The minimum absolute atomic E-state index is 0.238. The Balaban J connectivity index is 2.33. The van der Waals surface area contributed by atoms with Gasteiger partial charge in [-0.2, -0.15) is 0 Å². The summed E-state index contributed by atoms with van der Waals surface area (Å²) in [5, 5.41) is 2.04. The van der Waals surface area contributed by atoms with Crippen molar-refractivity contribution in [3.05, 3.63) is 40.9 Å². The van der Waals surface area contributed by atoms with Crippen molar-refractivity contribution < 1.29 is 28.5 Å². The molecule has 1 atom stereocenters. The second kappa shape index (κ2) is 9.71. The van der Waals surface area contributed by atoms with Crippen LogP contribution in [0.2, 0.25) is 0 Å². The molecule has 2 aromatic rings. The molecule has 0 aliphatic carbocycles. The summed E-state index contributed by atoms with van der Waals surface area (Å²) >= 11 is 1.21. The number of rotatable bonds is 7. The second-order valence-corrected chi connectivity index (χ2v) is 7.94. The summed E-state index contributed by atoms with van der Waals surface area (Å²) in [6.45, 7) is 5.62. The summed E-state index contributed by atoms with van der Waals surface area (Å²) in [5.74, 6) is 0.151. The van der Waals surface area contributed by atoms with Crippen molar-refractivity contribution >= 4 is 28.5 Å². The molecule has 158 valence electrons. The molecule has 2 rings (SSSR count). The average molecular weight is 423 g/mol. The number of carbonyl (C=O) groups excluding carboxylic acids is 2. The van der Waals surface area contributed by atoms with Gasteiger partial charge in [0.1, 0.15) is 11.4 Å². The number of hydrogen-bond acceptors (Lipinski definition) is 8. The Kier molecular flexibility index (Phi) is 7.58. The van der Waals surface area contributed by atoms with E-state index in [2.05, 4.69) is 4.98 Å². The van der Waals surface area contributed by atoms with E-state index >= 15 is 0 Å². The summed E-state index contributed by atoms with van der Waals surface area (Å²) in [4.78, 5) is 30.6. The number of anilines is 1. The number of aromatic nitrogens is 1. The predicted molar refractivity (Wildman–Crippen MR) is 109 cm³/mol. The van der Waals surface area contributed by atoms with Gasteiger partial charge in [0.2, 0.25) is 0 Å². The highest BCUT2D eigenvalue weighted by atomic mass is 32.1. The van der Waals surface area contributed by atoms with Gasteiger partial charge < -0.3 is 18.9 Å². The van der Waals surface area contributed by atoms with Crippen LogP contribution in [0.4, 0.5) is 9.93 Å². The van der Waals surface area contributed by atoms with Gasteiger partial charge in [0.15, 0.2) is 11.2 Å². The van der Waals surface area contributed by atoms with Crippen LogP contribution < -0.4 is 9.64 Å². The number of benzene rings is 1. The largest absolute Gasteiger partial charge is 0.497 e. The van der Waals surface area contributed by atoms with Crippen molar-refractivity contribution in [3.63, 3.8) is 0 Å². The molecule has 0 saturated carbocycles.